The van der Waals surface area contributed by atoms with Crippen LogP contribution in [0.5, 0.6) is 0 Å². The van der Waals surface area contributed by atoms with Crippen molar-refractivity contribution in [2.75, 3.05) is 4.72 Å². The zero-order valence-corrected chi connectivity index (χ0v) is 13.2. The first-order valence-electron chi connectivity index (χ1n) is 5.83. The standard InChI is InChI=1S/C14H10Cl2N2O2S/c1-9-7-11(6-5-10(9)8-17)21(19,20)18-13-4-2-3-12(15)14(13)16/h2-7,18H,1H3. The van der Waals surface area contributed by atoms with E-state index in [1.54, 1.807) is 19.1 Å². The molecule has 7 heteroatoms. The maximum absolute atomic E-state index is 12.3. The van der Waals surface area contributed by atoms with Gasteiger partial charge in [-0.2, -0.15) is 5.26 Å². The highest BCUT2D eigenvalue weighted by molar-refractivity contribution is 7.92. The van der Waals surface area contributed by atoms with E-state index >= 15 is 0 Å². The van der Waals surface area contributed by atoms with Crippen LogP contribution in [0.3, 0.4) is 0 Å². The summed E-state index contributed by atoms with van der Waals surface area (Å²) >= 11 is 11.8. The Labute approximate surface area is 133 Å². The molecular formula is C14H10Cl2N2O2S. The van der Waals surface area contributed by atoms with Gasteiger partial charge in [0.2, 0.25) is 0 Å². The summed E-state index contributed by atoms with van der Waals surface area (Å²) in [6.07, 6.45) is 0. The fraction of sp³-hybridized carbons (Fsp3) is 0.0714. The highest BCUT2D eigenvalue weighted by Crippen LogP contribution is 2.31. The predicted octanol–water partition coefficient (Wildman–Crippen LogP) is 3.97. The number of hydrogen-bond acceptors (Lipinski definition) is 3. The zero-order chi connectivity index (χ0) is 15.6. The number of sulfonamides is 1. The van der Waals surface area contributed by atoms with Gasteiger partial charge in [-0.25, -0.2) is 8.42 Å². The van der Waals surface area contributed by atoms with E-state index in [-0.39, 0.29) is 20.6 Å². The molecule has 0 aliphatic carbocycles. The van der Waals surface area contributed by atoms with Gasteiger partial charge in [0.1, 0.15) is 0 Å². The van der Waals surface area contributed by atoms with E-state index in [0.29, 0.717) is 11.1 Å². The van der Waals surface area contributed by atoms with E-state index in [2.05, 4.69) is 4.72 Å². The van der Waals surface area contributed by atoms with Crippen LogP contribution in [0.1, 0.15) is 11.1 Å². The van der Waals surface area contributed by atoms with Gasteiger partial charge in [0, 0.05) is 0 Å². The van der Waals surface area contributed by atoms with Crippen molar-refractivity contribution in [1.29, 1.82) is 5.26 Å². The quantitative estimate of drug-likeness (QED) is 0.918. The molecule has 0 aliphatic heterocycles. The van der Waals surface area contributed by atoms with Crippen molar-refractivity contribution in [3.05, 3.63) is 57.6 Å². The van der Waals surface area contributed by atoms with Crippen LogP contribution in [0.4, 0.5) is 5.69 Å². The van der Waals surface area contributed by atoms with E-state index in [4.69, 9.17) is 28.5 Å². The first-order valence-corrected chi connectivity index (χ1v) is 8.06. The Morgan fingerprint density at radius 1 is 1.19 bits per heavy atom. The predicted molar refractivity (Wildman–Crippen MR) is 83.2 cm³/mol. The molecule has 0 unspecified atom stereocenters. The molecule has 0 atom stereocenters. The van der Waals surface area contributed by atoms with E-state index in [9.17, 15) is 8.42 Å². The van der Waals surface area contributed by atoms with Crippen LogP contribution < -0.4 is 4.72 Å². The summed E-state index contributed by atoms with van der Waals surface area (Å²) in [5.41, 5.74) is 1.21. The van der Waals surface area contributed by atoms with Crippen molar-refractivity contribution in [3.8, 4) is 6.07 Å². The third-order valence-corrected chi connectivity index (χ3v) is 5.01. The molecule has 0 amide bonds. The van der Waals surface area contributed by atoms with Crippen molar-refractivity contribution in [1.82, 2.24) is 0 Å². The van der Waals surface area contributed by atoms with Gasteiger partial charge in [-0.15, -0.1) is 0 Å². The van der Waals surface area contributed by atoms with Gasteiger partial charge in [-0.1, -0.05) is 29.3 Å². The number of anilines is 1. The molecule has 0 aliphatic rings. The Morgan fingerprint density at radius 2 is 1.90 bits per heavy atom. The monoisotopic (exact) mass is 340 g/mol. The van der Waals surface area contributed by atoms with Crippen LogP contribution in [-0.4, -0.2) is 8.42 Å². The largest absolute Gasteiger partial charge is 0.278 e. The van der Waals surface area contributed by atoms with Crippen LogP contribution in [-0.2, 0) is 10.0 Å². The number of halogens is 2. The lowest BCUT2D eigenvalue weighted by Gasteiger charge is -2.11. The summed E-state index contributed by atoms with van der Waals surface area (Å²) in [4.78, 5) is 0.0510. The van der Waals surface area contributed by atoms with E-state index in [0.717, 1.165) is 0 Å². The van der Waals surface area contributed by atoms with Gasteiger partial charge in [-0.05, 0) is 42.8 Å². The highest BCUT2D eigenvalue weighted by Gasteiger charge is 2.17. The summed E-state index contributed by atoms with van der Waals surface area (Å²) in [7, 11) is -3.80. The van der Waals surface area contributed by atoms with E-state index < -0.39 is 10.0 Å². The number of benzene rings is 2. The third-order valence-electron chi connectivity index (χ3n) is 2.82. The first-order chi connectivity index (χ1) is 9.85. The molecule has 0 saturated carbocycles. The van der Waals surface area contributed by atoms with Crippen LogP contribution in [0.2, 0.25) is 10.0 Å². The zero-order valence-electron chi connectivity index (χ0n) is 10.9. The highest BCUT2D eigenvalue weighted by atomic mass is 35.5. The van der Waals surface area contributed by atoms with Gasteiger partial charge in [0.05, 0.1) is 32.3 Å². The third kappa shape index (κ3) is 3.30. The van der Waals surface area contributed by atoms with Crippen molar-refractivity contribution >= 4 is 38.9 Å². The summed E-state index contributed by atoms with van der Waals surface area (Å²) in [5.74, 6) is 0. The van der Waals surface area contributed by atoms with Gasteiger partial charge >= 0.3 is 0 Å². The van der Waals surface area contributed by atoms with Crippen LogP contribution in [0, 0.1) is 18.3 Å². The molecule has 0 radical (unpaired) electrons. The lowest BCUT2D eigenvalue weighted by Crippen LogP contribution is -2.13. The molecule has 0 bridgehead atoms. The van der Waals surface area contributed by atoms with Crippen LogP contribution in [0.15, 0.2) is 41.3 Å². The number of nitriles is 1. The number of aryl methyl sites for hydroxylation is 1. The van der Waals surface area contributed by atoms with Gasteiger partial charge in [0.25, 0.3) is 10.0 Å². The average molecular weight is 341 g/mol. The molecule has 108 valence electrons. The minimum atomic E-state index is -3.80. The van der Waals surface area contributed by atoms with Gasteiger partial charge in [-0.3, -0.25) is 4.72 Å². The molecule has 4 nitrogen and oxygen atoms in total. The Morgan fingerprint density at radius 3 is 2.52 bits per heavy atom. The maximum atomic E-state index is 12.3. The van der Waals surface area contributed by atoms with Crippen molar-refractivity contribution in [2.24, 2.45) is 0 Å². The lowest BCUT2D eigenvalue weighted by molar-refractivity contribution is 0.601. The summed E-state index contributed by atoms with van der Waals surface area (Å²) < 4.78 is 27.0. The van der Waals surface area contributed by atoms with E-state index in [1.165, 1.54) is 24.3 Å². The van der Waals surface area contributed by atoms with Crippen molar-refractivity contribution in [2.45, 2.75) is 11.8 Å². The number of nitrogens with one attached hydrogen (secondary N) is 1. The summed E-state index contributed by atoms with van der Waals surface area (Å²) in [5, 5.41) is 9.26. The molecule has 2 aromatic carbocycles. The van der Waals surface area contributed by atoms with E-state index in [1.807, 2.05) is 6.07 Å². The van der Waals surface area contributed by atoms with Crippen LogP contribution >= 0.6 is 23.2 Å². The lowest BCUT2D eigenvalue weighted by atomic mass is 10.1. The van der Waals surface area contributed by atoms with Gasteiger partial charge < -0.3 is 0 Å². The fourth-order valence-electron chi connectivity index (χ4n) is 1.72. The first kappa shape index (κ1) is 15.6. The minimum absolute atomic E-state index is 0.0510. The summed E-state index contributed by atoms with van der Waals surface area (Å²) in [6.45, 7) is 1.67. The molecule has 0 saturated heterocycles. The second-order valence-electron chi connectivity index (χ2n) is 4.30. The summed E-state index contributed by atoms with van der Waals surface area (Å²) in [6, 6.07) is 10.9. The number of rotatable bonds is 3. The Kier molecular flexibility index (Phi) is 4.43. The number of hydrogen-bond donors (Lipinski definition) is 1. The fourth-order valence-corrected chi connectivity index (χ4v) is 3.28. The maximum Gasteiger partial charge on any atom is 0.261 e. The molecule has 0 heterocycles. The molecule has 0 aromatic heterocycles. The topological polar surface area (TPSA) is 70.0 Å². The smallest absolute Gasteiger partial charge is 0.261 e. The number of nitrogens with zero attached hydrogens (tertiary/aromatic N) is 1. The van der Waals surface area contributed by atoms with Crippen LogP contribution in [0.25, 0.3) is 0 Å². The molecule has 1 N–H and O–H groups in total. The normalized spacial score (nSPS) is 11.0. The van der Waals surface area contributed by atoms with Crippen molar-refractivity contribution in [3.63, 3.8) is 0 Å². The SMILES string of the molecule is Cc1cc(S(=O)(=O)Nc2cccc(Cl)c2Cl)ccc1C#N. The minimum Gasteiger partial charge on any atom is -0.278 e. The Hall–Kier alpha value is -1.74. The second kappa shape index (κ2) is 5.94. The molecule has 0 spiro atoms. The Bertz CT molecular complexity index is 843. The molecule has 21 heavy (non-hydrogen) atoms. The molecule has 2 rings (SSSR count). The van der Waals surface area contributed by atoms with Crippen molar-refractivity contribution < 1.29 is 8.42 Å². The molecule has 0 fully saturated rings. The second-order valence-corrected chi connectivity index (χ2v) is 6.76. The molecular weight excluding hydrogens is 331 g/mol. The average Bonchev–Trinajstić information content (AvgIpc) is 2.43. The molecule has 2 aromatic rings. The Balaban J connectivity index is 2.41. The van der Waals surface area contributed by atoms with Gasteiger partial charge in [0.15, 0.2) is 0 Å².